The van der Waals surface area contributed by atoms with Crippen molar-refractivity contribution in [3.8, 4) is 0 Å². The van der Waals surface area contributed by atoms with Crippen LogP contribution in [-0.2, 0) is 6.42 Å². The van der Waals surface area contributed by atoms with E-state index in [-0.39, 0.29) is 4.83 Å². The molecule has 19 heavy (non-hydrogen) atoms. The van der Waals surface area contributed by atoms with Crippen molar-refractivity contribution in [2.24, 2.45) is 0 Å². The minimum absolute atomic E-state index is 0.104. The Morgan fingerprint density at radius 1 is 1.16 bits per heavy atom. The highest BCUT2D eigenvalue weighted by Crippen LogP contribution is 2.32. The van der Waals surface area contributed by atoms with E-state index in [2.05, 4.69) is 33.0 Å². The number of hydrogen-bond acceptors (Lipinski definition) is 2. The van der Waals surface area contributed by atoms with Gasteiger partial charge in [-0.2, -0.15) is 0 Å². The number of aromatic nitrogens is 1. The highest BCUT2D eigenvalue weighted by Gasteiger charge is 2.15. The van der Waals surface area contributed by atoms with Crippen LogP contribution in [0.5, 0.6) is 0 Å². The van der Waals surface area contributed by atoms with Gasteiger partial charge in [0.2, 0.25) is 0 Å². The second kappa shape index (κ2) is 5.35. The Balaban J connectivity index is 1.87. The van der Waals surface area contributed by atoms with Gasteiger partial charge in [0, 0.05) is 27.9 Å². The summed E-state index contributed by atoms with van der Waals surface area (Å²) < 4.78 is 5.11. The van der Waals surface area contributed by atoms with Crippen molar-refractivity contribution in [2.75, 3.05) is 0 Å². The van der Waals surface area contributed by atoms with Gasteiger partial charge in [-0.15, -0.1) is 0 Å². The van der Waals surface area contributed by atoms with Crippen LogP contribution in [0.25, 0.3) is 10.9 Å². The van der Waals surface area contributed by atoms with Crippen molar-refractivity contribution in [1.82, 2.24) is 4.98 Å². The number of alkyl halides is 1. The van der Waals surface area contributed by atoms with Crippen molar-refractivity contribution in [2.45, 2.75) is 11.2 Å². The van der Waals surface area contributed by atoms with Crippen molar-refractivity contribution in [3.05, 3.63) is 65.2 Å². The summed E-state index contributed by atoms with van der Waals surface area (Å²) in [6.45, 7) is 0. The molecule has 0 bridgehead atoms. The van der Waals surface area contributed by atoms with E-state index in [9.17, 15) is 0 Å². The smallest absolute Gasteiger partial charge is 0.197 e. The van der Waals surface area contributed by atoms with Gasteiger partial charge in [-0.25, -0.2) is 0 Å². The van der Waals surface area contributed by atoms with Crippen LogP contribution in [0.3, 0.4) is 0 Å². The number of nitrogens with zero attached hydrogens (tertiary/aromatic N) is 1. The van der Waals surface area contributed by atoms with Gasteiger partial charge in [-0.1, -0.05) is 40.2 Å². The summed E-state index contributed by atoms with van der Waals surface area (Å²) in [4.78, 5) is 4.76. The number of halogens is 2. The van der Waals surface area contributed by atoms with Gasteiger partial charge in [-0.05, 0) is 29.8 Å². The standard InChI is InChI=1S/C15H11BrClNO/c16-13(12-7-8-19-15(12)17)9-11-6-5-10-3-1-2-4-14(10)18-11/h1-8,13H,9H2. The van der Waals surface area contributed by atoms with Crippen LogP contribution in [0.2, 0.25) is 5.22 Å². The number of para-hydroxylation sites is 1. The molecule has 2 heterocycles. The Morgan fingerprint density at radius 3 is 2.79 bits per heavy atom. The van der Waals surface area contributed by atoms with Crippen LogP contribution in [0.15, 0.2) is 53.1 Å². The third-order valence-electron chi connectivity index (χ3n) is 3.03. The molecule has 0 aliphatic carbocycles. The van der Waals surface area contributed by atoms with E-state index in [0.29, 0.717) is 5.22 Å². The van der Waals surface area contributed by atoms with Crippen LogP contribution >= 0.6 is 27.5 Å². The molecule has 1 unspecified atom stereocenters. The monoisotopic (exact) mass is 335 g/mol. The fraction of sp³-hybridized carbons (Fsp3) is 0.133. The molecule has 0 fully saturated rings. The zero-order chi connectivity index (χ0) is 13.2. The second-order valence-electron chi connectivity index (χ2n) is 4.32. The molecule has 3 rings (SSSR count). The molecule has 0 aliphatic rings. The number of fused-ring (bicyclic) bond motifs is 1. The summed E-state index contributed by atoms with van der Waals surface area (Å²) in [5.41, 5.74) is 2.99. The summed E-state index contributed by atoms with van der Waals surface area (Å²) in [6.07, 6.45) is 2.36. The minimum atomic E-state index is 0.104. The Hall–Kier alpha value is -1.32. The molecule has 1 atom stereocenters. The summed E-state index contributed by atoms with van der Waals surface area (Å²) in [7, 11) is 0. The quantitative estimate of drug-likeness (QED) is 0.617. The fourth-order valence-electron chi connectivity index (χ4n) is 2.04. The van der Waals surface area contributed by atoms with Gasteiger partial charge in [-0.3, -0.25) is 4.98 Å². The minimum Gasteiger partial charge on any atom is -0.453 e. The molecular weight excluding hydrogens is 326 g/mol. The third-order valence-corrected chi connectivity index (χ3v) is 4.15. The largest absolute Gasteiger partial charge is 0.453 e. The molecule has 0 aliphatic heterocycles. The molecule has 1 aromatic carbocycles. The lowest BCUT2D eigenvalue weighted by Crippen LogP contribution is -1.97. The normalized spacial score (nSPS) is 12.7. The summed E-state index contributed by atoms with van der Waals surface area (Å²) in [6, 6.07) is 14.1. The van der Waals surface area contributed by atoms with Crippen molar-refractivity contribution in [1.29, 1.82) is 0 Å². The van der Waals surface area contributed by atoms with E-state index in [0.717, 1.165) is 28.6 Å². The van der Waals surface area contributed by atoms with Gasteiger partial charge in [0.25, 0.3) is 0 Å². The average Bonchev–Trinajstić information content (AvgIpc) is 2.85. The van der Waals surface area contributed by atoms with Crippen LogP contribution in [0, 0.1) is 0 Å². The van der Waals surface area contributed by atoms with Crippen LogP contribution in [0.4, 0.5) is 0 Å². The van der Waals surface area contributed by atoms with Crippen molar-refractivity contribution in [3.63, 3.8) is 0 Å². The van der Waals surface area contributed by atoms with Crippen LogP contribution < -0.4 is 0 Å². The lowest BCUT2D eigenvalue weighted by atomic mass is 10.1. The molecule has 0 amide bonds. The Labute approximate surface area is 124 Å². The van der Waals surface area contributed by atoms with E-state index in [4.69, 9.17) is 16.0 Å². The summed E-state index contributed by atoms with van der Waals surface area (Å²) in [5, 5.41) is 1.58. The number of benzene rings is 1. The second-order valence-corrected chi connectivity index (χ2v) is 5.77. The number of rotatable bonds is 3. The molecule has 2 nitrogen and oxygen atoms in total. The maximum absolute atomic E-state index is 5.98. The molecule has 0 radical (unpaired) electrons. The highest BCUT2D eigenvalue weighted by atomic mass is 79.9. The van der Waals surface area contributed by atoms with E-state index in [1.54, 1.807) is 6.26 Å². The van der Waals surface area contributed by atoms with Gasteiger partial charge < -0.3 is 4.42 Å². The maximum atomic E-state index is 5.98. The lowest BCUT2D eigenvalue weighted by molar-refractivity contribution is 0.565. The average molecular weight is 337 g/mol. The van der Waals surface area contributed by atoms with E-state index in [1.807, 2.05) is 30.3 Å². The molecule has 0 N–H and O–H groups in total. The Morgan fingerprint density at radius 2 is 2.00 bits per heavy atom. The maximum Gasteiger partial charge on any atom is 0.197 e. The fourth-order valence-corrected chi connectivity index (χ4v) is 3.11. The first-order valence-electron chi connectivity index (χ1n) is 5.95. The molecule has 0 saturated carbocycles. The van der Waals surface area contributed by atoms with Crippen LogP contribution in [-0.4, -0.2) is 4.98 Å². The first-order valence-corrected chi connectivity index (χ1v) is 7.25. The van der Waals surface area contributed by atoms with E-state index < -0.39 is 0 Å². The predicted molar refractivity (Wildman–Crippen MR) is 80.8 cm³/mol. The molecule has 96 valence electrons. The van der Waals surface area contributed by atoms with Crippen LogP contribution in [0.1, 0.15) is 16.1 Å². The van der Waals surface area contributed by atoms with Crippen molar-refractivity contribution >= 4 is 38.4 Å². The molecule has 3 aromatic rings. The van der Waals surface area contributed by atoms with Gasteiger partial charge in [0.05, 0.1) is 11.8 Å². The topological polar surface area (TPSA) is 26.0 Å². The number of furan rings is 1. The number of pyridine rings is 1. The Bertz CT molecular complexity index is 710. The molecule has 0 saturated heterocycles. The van der Waals surface area contributed by atoms with Gasteiger partial charge in [0.15, 0.2) is 5.22 Å². The SMILES string of the molecule is Clc1occc1C(Br)Cc1ccc2ccccc2n1. The lowest BCUT2D eigenvalue weighted by Gasteiger charge is -2.08. The molecule has 2 aromatic heterocycles. The molecule has 0 spiro atoms. The van der Waals surface area contributed by atoms with E-state index in [1.165, 1.54) is 0 Å². The third kappa shape index (κ3) is 2.67. The molecule has 4 heteroatoms. The van der Waals surface area contributed by atoms with Crippen molar-refractivity contribution < 1.29 is 4.42 Å². The first-order chi connectivity index (χ1) is 9.24. The predicted octanol–water partition coefficient (Wildman–Crippen LogP) is 5.16. The molecular formula is C15H11BrClNO. The zero-order valence-corrected chi connectivity index (χ0v) is 12.4. The van der Waals surface area contributed by atoms with Gasteiger partial charge in [0.1, 0.15) is 0 Å². The highest BCUT2D eigenvalue weighted by molar-refractivity contribution is 9.09. The number of hydrogen-bond donors (Lipinski definition) is 0. The summed E-state index contributed by atoms with van der Waals surface area (Å²) in [5.74, 6) is 0. The summed E-state index contributed by atoms with van der Waals surface area (Å²) >= 11 is 9.61. The Kier molecular flexibility index (Phi) is 3.58. The van der Waals surface area contributed by atoms with Gasteiger partial charge >= 0.3 is 0 Å². The zero-order valence-electron chi connectivity index (χ0n) is 10.0. The first kappa shape index (κ1) is 12.7. The van der Waals surface area contributed by atoms with E-state index >= 15 is 0 Å².